The number of hydrogen-bond donors (Lipinski definition) is 2. The van der Waals surface area contributed by atoms with Crippen LogP contribution < -0.4 is 29.7 Å². The quantitative estimate of drug-likeness (QED) is 0.302. The van der Waals surface area contributed by atoms with E-state index in [-0.39, 0.29) is 34.4 Å². The van der Waals surface area contributed by atoms with Crippen molar-refractivity contribution < 1.29 is 33.4 Å². The van der Waals surface area contributed by atoms with Crippen LogP contribution in [-0.4, -0.2) is 44.6 Å². The zero-order valence-corrected chi connectivity index (χ0v) is 22.9. The molecule has 11 heteroatoms. The normalized spacial score (nSPS) is 14.2. The Hall–Kier alpha value is -4.83. The molecule has 1 aliphatic heterocycles. The maximum atomic E-state index is 13.2. The van der Waals surface area contributed by atoms with Crippen molar-refractivity contribution in [3.63, 3.8) is 0 Å². The average Bonchev–Trinajstić information content (AvgIpc) is 2.93. The smallest absolute Gasteiger partial charge is 0.335 e. The molecule has 0 aliphatic carbocycles. The number of benzene rings is 3. The van der Waals surface area contributed by atoms with Crippen LogP contribution >= 0.6 is 11.6 Å². The van der Waals surface area contributed by atoms with Crippen LogP contribution in [0.4, 0.5) is 16.2 Å². The molecule has 2 N–H and O–H groups in total. The second kappa shape index (κ2) is 11.9. The summed E-state index contributed by atoms with van der Waals surface area (Å²) in [4.78, 5) is 51.6. The molecule has 0 unspecified atom stereocenters. The minimum Gasteiger partial charge on any atom is -0.497 e. The van der Waals surface area contributed by atoms with Crippen molar-refractivity contribution >= 4 is 52.8 Å². The van der Waals surface area contributed by atoms with Crippen molar-refractivity contribution in [2.24, 2.45) is 0 Å². The molecule has 3 aromatic carbocycles. The van der Waals surface area contributed by atoms with Crippen LogP contribution in [0.5, 0.6) is 17.2 Å². The third-order valence-corrected chi connectivity index (χ3v) is 6.50. The predicted molar refractivity (Wildman–Crippen MR) is 150 cm³/mol. The fraction of sp³-hybridized carbons (Fsp3) is 0.172. The maximum Gasteiger partial charge on any atom is 0.335 e. The number of rotatable bonds is 8. The van der Waals surface area contributed by atoms with Gasteiger partial charge in [0.15, 0.2) is 18.1 Å². The number of methoxy groups -OCH3 is 2. The van der Waals surface area contributed by atoms with Crippen LogP contribution in [0.1, 0.15) is 16.7 Å². The van der Waals surface area contributed by atoms with Gasteiger partial charge < -0.3 is 19.5 Å². The van der Waals surface area contributed by atoms with Crippen molar-refractivity contribution in [2.75, 3.05) is 31.0 Å². The van der Waals surface area contributed by atoms with Gasteiger partial charge in [0.2, 0.25) is 0 Å². The van der Waals surface area contributed by atoms with E-state index in [0.717, 1.165) is 16.0 Å². The summed E-state index contributed by atoms with van der Waals surface area (Å²) in [5, 5.41) is 5.05. The van der Waals surface area contributed by atoms with Crippen molar-refractivity contribution in [3.8, 4) is 17.2 Å². The highest BCUT2D eigenvalue weighted by Gasteiger charge is 2.37. The zero-order valence-electron chi connectivity index (χ0n) is 22.2. The molecule has 1 aliphatic rings. The number of urea groups is 1. The number of nitrogens with one attached hydrogen (secondary N) is 2. The van der Waals surface area contributed by atoms with Crippen LogP contribution in [0, 0.1) is 13.8 Å². The second-order valence-electron chi connectivity index (χ2n) is 8.77. The number of barbiturate groups is 1. The molecular weight excluding hydrogens is 538 g/mol. The predicted octanol–water partition coefficient (Wildman–Crippen LogP) is 4.66. The highest BCUT2D eigenvalue weighted by Crippen LogP contribution is 2.37. The lowest BCUT2D eigenvalue weighted by atomic mass is 10.1. The van der Waals surface area contributed by atoms with Gasteiger partial charge in [-0.2, -0.15) is 0 Å². The number of hydrogen-bond acceptors (Lipinski definition) is 7. The van der Waals surface area contributed by atoms with Crippen LogP contribution in [0.2, 0.25) is 5.02 Å². The van der Waals surface area contributed by atoms with Crippen molar-refractivity contribution in [1.82, 2.24) is 5.32 Å². The molecular formula is C29H26ClN3O7. The van der Waals surface area contributed by atoms with Crippen LogP contribution in [0.15, 0.2) is 60.2 Å². The number of nitrogens with zero attached hydrogens (tertiary/aromatic N) is 1. The Morgan fingerprint density at radius 2 is 1.75 bits per heavy atom. The van der Waals surface area contributed by atoms with Gasteiger partial charge in [0.05, 0.1) is 24.9 Å². The first-order valence-electron chi connectivity index (χ1n) is 12.0. The summed E-state index contributed by atoms with van der Waals surface area (Å²) in [6, 6.07) is 13.9. The topological polar surface area (TPSA) is 123 Å². The third kappa shape index (κ3) is 5.92. The summed E-state index contributed by atoms with van der Waals surface area (Å²) < 4.78 is 16.2. The summed E-state index contributed by atoms with van der Waals surface area (Å²) in [5.74, 6) is -1.27. The van der Waals surface area contributed by atoms with Crippen LogP contribution in [-0.2, 0) is 14.4 Å². The summed E-state index contributed by atoms with van der Waals surface area (Å²) >= 11 is 6.44. The Morgan fingerprint density at radius 1 is 1.02 bits per heavy atom. The number of aryl methyl sites for hydroxylation is 1. The number of imide groups is 2. The van der Waals surface area contributed by atoms with E-state index in [1.807, 2.05) is 26.0 Å². The highest BCUT2D eigenvalue weighted by molar-refractivity contribution is 6.39. The lowest BCUT2D eigenvalue weighted by Crippen LogP contribution is -2.54. The number of amides is 5. The molecule has 0 bridgehead atoms. The molecule has 5 amide bonds. The van der Waals surface area contributed by atoms with E-state index in [9.17, 15) is 19.2 Å². The molecule has 1 heterocycles. The van der Waals surface area contributed by atoms with Gasteiger partial charge in [0, 0.05) is 5.69 Å². The number of ether oxygens (including phenoxy) is 3. The van der Waals surface area contributed by atoms with E-state index in [1.165, 1.54) is 44.6 Å². The minimum atomic E-state index is -0.879. The van der Waals surface area contributed by atoms with E-state index >= 15 is 0 Å². The van der Waals surface area contributed by atoms with Crippen molar-refractivity contribution in [2.45, 2.75) is 13.8 Å². The fourth-order valence-corrected chi connectivity index (χ4v) is 4.24. The molecule has 40 heavy (non-hydrogen) atoms. The first-order valence-corrected chi connectivity index (χ1v) is 12.4. The number of carbonyl (C=O) groups is 4. The largest absolute Gasteiger partial charge is 0.497 e. The van der Waals surface area contributed by atoms with E-state index in [4.69, 9.17) is 25.8 Å². The summed E-state index contributed by atoms with van der Waals surface area (Å²) in [7, 11) is 2.87. The number of halogens is 1. The Morgan fingerprint density at radius 3 is 2.42 bits per heavy atom. The van der Waals surface area contributed by atoms with Gasteiger partial charge in [-0.15, -0.1) is 0 Å². The average molecular weight is 564 g/mol. The molecule has 3 aromatic rings. The molecule has 206 valence electrons. The Labute approximate surface area is 235 Å². The molecule has 0 radical (unpaired) electrons. The van der Waals surface area contributed by atoms with Crippen LogP contribution in [0.3, 0.4) is 0 Å². The van der Waals surface area contributed by atoms with Gasteiger partial charge in [-0.3, -0.25) is 19.7 Å². The fourth-order valence-electron chi connectivity index (χ4n) is 3.96. The van der Waals surface area contributed by atoms with Gasteiger partial charge in [-0.1, -0.05) is 23.7 Å². The molecule has 0 atom stereocenters. The van der Waals surface area contributed by atoms with Gasteiger partial charge in [0.1, 0.15) is 11.3 Å². The SMILES string of the molecule is COc1ccc(N2C(=O)NC(=O)/C(=C\c3cc(Cl)c(OCC(=O)Nc4cccc(C)c4C)c(OC)c3)C2=O)cc1. The number of anilines is 2. The molecule has 0 spiro atoms. The first kappa shape index (κ1) is 28.2. The molecule has 0 saturated carbocycles. The molecule has 1 saturated heterocycles. The van der Waals surface area contributed by atoms with Crippen molar-refractivity contribution in [3.05, 3.63) is 81.9 Å². The molecule has 4 rings (SSSR count). The monoisotopic (exact) mass is 563 g/mol. The van der Waals surface area contributed by atoms with E-state index in [2.05, 4.69) is 10.6 Å². The highest BCUT2D eigenvalue weighted by atomic mass is 35.5. The third-order valence-electron chi connectivity index (χ3n) is 6.22. The van der Waals surface area contributed by atoms with Gasteiger partial charge in [0.25, 0.3) is 17.7 Å². The molecule has 0 aromatic heterocycles. The van der Waals surface area contributed by atoms with Gasteiger partial charge in [-0.05, 0) is 79.1 Å². The molecule has 1 fully saturated rings. The zero-order chi connectivity index (χ0) is 29.0. The standard InChI is InChI=1S/C29H26ClN3O7/c1-16-6-5-7-23(17(16)2)31-25(34)15-40-26-22(30)13-18(14-24(26)39-4)12-21-27(35)32-29(37)33(28(21)36)19-8-10-20(38-3)11-9-19/h5-14H,15H2,1-4H3,(H,31,34)(H,32,35,37)/b21-12+. The lowest BCUT2D eigenvalue weighted by Gasteiger charge is -2.26. The first-order chi connectivity index (χ1) is 19.1. The Bertz CT molecular complexity index is 1530. The minimum absolute atomic E-state index is 0.0810. The van der Waals surface area contributed by atoms with E-state index in [0.29, 0.717) is 17.0 Å². The van der Waals surface area contributed by atoms with Gasteiger partial charge >= 0.3 is 6.03 Å². The molecule has 10 nitrogen and oxygen atoms in total. The Kier molecular flexibility index (Phi) is 8.40. The van der Waals surface area contributed by atoms with Crippen molar-refractivity contribution in [1.29, 1.82) is 0 Å². The summed E-state index contributed by atoms with van der Waals surface area (Å²) in [5.41, 5.74) is 2.94. The van der Waals surface area contributed by atoms with Gasteiger partial charge in [-0.25, -0.2) is 9.69 Å². The lowest BCUT2D eigenvalue weighted by molar-refractivity contribution is -0.122. The van der Waals surface area contributed by atoms with E-state index < -0.39 is 23.8 Å². The van der Waals surface area contributed by atoms with Crippen LogP contribution in [0.25, 0.3) is 6.08 Å². The summed E-state index contributed by atoms with van der Waals surface area (Å²) in [6.45, 7) is 3.51. The Balaban J connectivity index is 1.55. The second-order valence-corrected chi connectivity index (χ2v) is 9.18. The maximum absolute atomic E-state index is 13.2. The van der Waals surface area contributed by atoms with E-state index in [1.54, 1.807) is 18.2 Å². The summed E-state index contributed by atoms with van der Waals surface area (Å²) in [6.07, 6.45) is 1.28. The number of carbonyl (C=O) groups excluding carboxylic acids is 4.